The van der Waals surface area contributed by atoms with Crippen LogP contribution in [0.4, 0.5) is 0 Å². The van der Waals surface area contributed by atoms with Crippen LogP contribution in [0.1, 0.15) is 25.8 Å². The molecule has 3 rings (SSSR count). The molecular weight excluding hydrogens is 422 g/mol. The molecule has 0 aliphatic rings. The van der Waals surface area contributed by atoms with Crippen LogP contribution in [-0.2, 0) is 9.53 Å². The van der Waals surface area contributed by atoms with Crippen molar-refractivity contribution in [3.8, 4) is 28.4 Å². The zero-order valence-electron chi connectivity index (χ0n) is 19.8. The Labute approximate surface area is 194 Å². The first kappa shape index (κ1) is 24.2. The number of hydrogen-bond donors (Lipinski definition) is 1. The van der Waals surface area contributed by atoms with Gasteiger partial charge in [0.05, 0.1) is 27.1 Å². The second-order valence-corrected chi connectivity index (χ2v) is 7.46. The highest BCUT2D eigenvalue weighted by molar-refractivity contribution is 6.01. The average Bonchev–Trinajstić information content (AvgIpc) is 3.23. The molecule has 1 heterocycles. The third-order valence-corrected chi connectivity index (χ3v) is 5.27. The Balaban J connectivity index is 2.04. The first-order valence-corrected chi connectivity index (χ1v) is 10.9. The highest BCUT2D eigenvalue weighted by Gasteiger charge is 2.18. The molecule has 7 heteroatoms. The SMILES string of the molecule is CCOc1cc2occ(-c3cc(OC)ccc3OC)c2cc1/C(C)=C/C(=O)NCCCOC. The van der Waals surface area contributed by atoms with Crippen LogP contribution in [0.3, 0.4) is 0 Å². The zero-order chi connectivity index (χ0) is 23.8. The van der Waals surface area contributed by atoms with Gasteiger partial charge in [-0.2, -0.15) is 0 Å². The number of carbonyl (C=O) groups excluding carboxylic acids is 1. The molecule has 33 heavy (non-hydrogen) atoms. The number of furan rings is 1. The Morgan fingerprint density at radius 3 is 2.58 bits per heavy atom. The van der Waals surface area contributed by atoms with E-state index in [1.807, 2.05) is 44.2 Å². The zero-order valence-corrected chi connectivity index (χ0v) is 19.8. The summed E-state index contributed by atoms with van der Waals surface area (Å²) < 4.78 is 27.7. The summed E-state index contributed by atoms with van der Waals surface area (Å²) in [4.78, 5) is 12.4. The van der Waals surface area contributed by atoms with E-state index in [-0.39, 0.29) is 5.91 Å². The highest BCUT2D eigenvalue weighted by atomic mass is 16.5. The Bertz CT molecular complexity index is 1130. The van der Waals surface area contributed by atoms with E-state index < -0.39 is 0 Å². The molecule has 0 bridgehead atoms. The van der Waals surface area contributed by atoms with Crippen molar-refractivity contribution < 1.29 is 28.2 Å². The van der Waals surface area contributed by atoms with Crippen molar-refractivity contribution in [2.45, 2.75) is 20.3 Å². The van der Waals surface area contributed by atoms with E-state index in [4.69, 9.17) is 23.4 Å². The van der Waals surface area contributed by atoms with Crippen molar-refractivity contribution in [1.29, 1.82) is 0 Å². The highest BCUT2D eigenvalue weighted by Crippen LogP contribution is 2.41. The van der Waals surface area contributed by atoms with Crippen molar-refractivity contribution in [1.82, 2.24) is 5.32 Å². The summed E-state index contributed by atoms with van der Waals surface area (Å²) in [6.07, 6.45) is 4.04. The van der Waals surface area contributed by atoms with Crippen LogP contribution in [0.2, 0.25) is 0 Å². The maximum Gasteiger partial charge on any atom is 0.244 e. The fraction of sp³-hybridized carbons (Fsp3) is 0.346. The van der Waals surface area contributed by atoms with Crippen LogP contribution < -0.4 is 19.5 Å². The lowest BCUT2D eigenvalue weighted by atomic mass is 9.98. The lowest BCUT2D eigenvalue weighted by Gasteiger charge is -2.13. The summed E-state index contributed by atoms with van der Waals surface area (Å²) >= 11 is 0. The predicted molar refractivity (Wildman–Crippen MR) is 129 cm³/mol. The Kier molecular flexibility index (Phi) is 8.38. The lowest BCUT2D eigenvalue weighted by Crippen LogP contribution is -2.23. The molecule has 0 aliphatic heterocycles. The van der Waals surface area contributed by atoms with E-state index in [0.717, 1.165) is 34.1 Å². The Morgan fingerprint density at radius 1 is 1.06 bits per heavy atom. The quantitative estimate of drug-likeness (QED) is 0.323. The molecule has 2 aromatic carbocycles. The third-order valence-electron chi connectivity index (χ3n) is 5.27. The number of fused-ring (bicyclic) bond motifs is 1. The second kappa shape index (κ2) is 11.4. The molecule has 1 amide bonds. The fourth-order valence-electron chi connectivity index (χ4n) is 3.62. The molecule has 7 nitrogen and oxygen atoms in total. The van der Waals surface area contributed by atoms with Gasteiger partial charge in [-0.1, -0.05) is 0 Å². The van der Waals surface area contributed by atoms with Crippen molar-refractivity contribution >= 4 is 22.4 Å². The molecule has 0 saturated carbocycles. The molecule has 0 unspecified atom stereocenters. The van der Waals surface area contributed by atoms with Crippen molar-refractivity contribution in [3.63, 3.8) is 0 Å². The van der Waals surface area contributed by atoms with Crippen LogP contribution >= 0.6 is 0 Å². The molecule has 0 saturated heterocycles. The van der Waals surface area contributed by atoms with Gasteiger partial charge in [-0.15, -0.1) is 0 Å². The molecule has 1 aromatic heterocycles. The summed E-state index contributed by atoms with van der Waals surface area (Å²) in [7, 11) is 4.90. The number of nitrogens with one attached hydrogen (secondary N) is 1. The minimum atomic E-state index is -0.159. The van der Waals surface area contributed by atoms with Crippen molar-refractivity contribution in [2.75, 3.05) is 41.1 Å². The normalized spacial score (nSPS) is 11.5. The predicted octanol–water partition coefficient (Wildman–Crippen LogP) is 5.07. The molecule has 0 spiro atoms. The Hall–Kier alpha value is -3.45. The molecule has 1 N–H and O–H groups in total. The van der Waals surface area contributed by atoms with Gasteiger partial charge in [0, 0.05) is 54.5 Å². The summed E-state index contributed by atoms with van der Waals surface area (Å²) in [6.45, 7) is 5.46. The second-order valence-electron chi connectivity index (χ2n) is 7.46. The molecule has 3 aromatic rings. The maximum absolute atomic E-state index is 12.4. The third kappa shape index (κ3) is 5.68. The topological polar surface area (TPSA) is 79.2 Å². The monoisotopic (exact) mass is 453 g/mol. The lowest BCUT2D eigenvalue weighted by molar-refractivity contribution is -0.116. The minimum absolute atomic E-state index is 0.159. The number of allylic oxidation sites excluding steroid dienone is 1. The molecular formula is C26H31NO6. The number of ether oxygens (including phenoxy) is 4. The summed E-state index contributed by atoms with van der Waals surface area (Å²) in [5.41, 5.74) is 4.00. The molecule has 0 radical (unpaired) electrons. The van der Waals surface area contributed by atoms with Crippen LogP contribution in [-0.4, -0.2) is 47.0 Å². The van der Waals surface area contributed by atoms with Crippen molar-refractivity contribution in [2.24, 2.45) is 0 Å². The summed E-state index contributed by atoms with van der Waals surface area (Å²) in [5.74, 6) is 1.92. The van der Waals surface area contributed by atoms with Gasteiger partial charge in [-0.05, 0) is 50.1 Å². The van der Waals surface area contributed by atoms with Crippen LogP contribution in [0, 0.1) is 0 Å². The first-order valence-electron chi connectivity index (χ1n) is 10.9. The van der Waals surface area contributed by atoms with Gasteiger partial charge in [0.15, 0.2) is 0 Å². The molecule has 0 aliphatic carbocycles. The van der Waals surface area contributed by atoms with Crippen LogP contribution in [0.5, 0.6) is 17.2 Å². The van der Waals surface area contributed by atoms with Gasteiger partial charge < -0.3 is 28.7 Å². The largest absolute Gasteiger partial charge is 0.497 e. The van der Waals surface area contributed by atoms with E-state index in [9.17, 15) is 4.79 Å². The van der Waals surface area contributed by atoms with Gasteiger partial charge in [0.25, 0.3) is 0 Å². The number of carbonyl (C=O) groups is 1. The number of hydrogen-bond acceptors (Lipinski definition) is 6. The fourth-order valence-corrected chi connectivity index (χ4v) is 3.62. The van der Waals surface area contributed by atoms with E-state index >= 15 is 0 Å². The molecule has 0 atom stereocenters. The number of rotatable bonds is 11. The van der Waals surface area contributed by atoms with Gasteiger partial charge in [0.1, 0.15) is 22.8 Å². The maximum atomic E-state index is 12.4. The Morgan fingerprint density at radius 2 is 1.88 bits per heavy atom. The number of benzene rings is 2. The number of amides is 1. The van der Waals surface area contributed by atoms with E-state index in [1.165, 1.54) is 0 Å². The molecule has 0 fully saturated rings. The van der Waals surface area contributed by atoms with Gasteiger partial charge in [-0.3, -0.25) is 4.79 Å². The van der Waals surface area contributed by atoms with E-state index in [2.05, 4.69) is 5.32 Å². The van der Waals surface area contributed by atoms with Crippen LogP contribution in [0.15, 0.2) is 47.1 Å². The van der Waals surface area contributed by atoms with Crippen LogP contribution in [0.25, 0.3) is 27.7 Å². The smallest absolute Gasteiger partial charge is 0.244 e. The minimum Gasteiger partial charge on any atom is -0.497 e. The van der Waals surface area contributed by atoms with Gasteiger partial charge in [0.2, 0.25) is 5.91 Å². The average molecular weight is 454 g/mol. The number of methoxy groups -OCH3 is 3. The van der Waals surface area contributed by atoms with Gasteiger partial charge in [-0.25, -0.2) is 0 Å². The van der Waals surface area contributed by atoms with Crippen molar-refractivity contribution in [3.05, 3.63) is 48.2 Å². The van der Waals surface area contributed by atoms with E-state index in [1.54, 1.807) is 33.7 Å². The summed E-state index contributed by atoms with van der Waals surface area (Å²) in [6, 6.07) is 9.47. The first-order chi connectivity index (χ1) is 16.0. The summed E-state index contributed by atoms with van der Waals surface area (Å²) in [5, 5.41) is 3.76. The standard InChI is InChI=1S/C26H31NO6/c1-6-32-24-15-25-21(14-19(24)17(2)12-26(28)27-10-7-11-29-3)22(16-33-25)20-13-18(30-4)8-9-23(20)31-5/h8-9,12-16H,6-7,10-11H2,1-5H3,(H,27,28)/b17-12+. The molecule has 176 valence electrons. The van der Waals surface area contributed by atoms with E-state index in [0.29, 0.717) is 42.6 Å². The van der Waals surface area contributed by atoms with Gasteiger partial charge >= 0.3 is 0 Å².